The molecule has 3 aliphatic rings. The lowest BCUT2D eigenvalue weighted by molar-refractivity contribution is -0.125. The Hall–Kier alpha value is -3.65. The summed E-state index contributed by atoms with van der Waals surface area (Å²) in [7, 11) is 1.55. The molecule has 2 aromatic carbocycles. The largest absolute Gasteiger partial charge is 0.492 e. The third-order valence-corrected chi connectivity index (χ3v) is 8.51. The van der Waals surface area contributed by atoms with Gasteiger partial charge >= 0.3 is 0 Å². The van der Waals surface area contributed by atoms with Gasteiger partial charge in [-0.15, -0.1) is 0 Å². The normalized spacial score (nSPS) is 19.1. The molecule has 0 saturated carbocycles. The molecule has 1 spiro atoms. The van der Waals surface area contributed by atoms with Crippen LogP contribution in [0.3, 0.4) is 0 Å². The molecular weight excluding hydrogens is 468 g/mol. The highest BCUT2D eigenvalue weighted by Crippen LogP contribution is 2.49. The summed E-state index contributed by atoms with van der Waals surface area (Å²) in [5, 5.41) is 3.88. The zero-order valence-corrected chi connectivity index (χ0v) is 21.1. The molecule has 192 valence electrons. The molecule has 1 saturated heterocycles. The quantitative estimate of drug-likeness (QED) is 0.486. The number of rotatable bonds is 7. The Morgan fingerprint density at radius 1 is 1.22 bits per heavy atom. The van der Waals surface area contributed by atoms with Crippen molar-refractivity contribution in [3.63, 3.8) is 0 Å². The molecule has 6 rings (SSSR count). The van der Waals surface area contributed by atoms with Gasteiger partial charge in [-0.05, 0) is 55.4 Å². The minimum Gasteiger partial charge on any atom is -0.492 e. The second-order valence-corrected chi connectivity index (χ2v) is 10.5. The smallest absolute Gasteiger partial charge is 0.255 e. The van der Waals surface area contributed by atoms with E-state index in [0.717, 1.165) is 50.1 Å². The number of hydrogen-bond donors (Lipinski definition) is 2. The SMILES string of the molecule is CNC(=O)C(CCC=O)N1Cc2c(ccc3c2OCC32CCN(Cc3cccc4cc[nH]c34)CC2)C1=O. The summed E-state index contributed by atoms with van der Waals surface area (Å²) >= 11 is 0. The number of aromatic amines is 1. The summed E-state index contributed by atoms with van der Waals surface area (Å²) in [5.41, 5.74) is 5.15. The second-order valence-electron chi connectivity index (χ2n) is 10.5. The van der Waals surface area contributed by atoms with Crippen molar-refractivity contribution in [1.82, 2.24) is 20.1 Å². The summed E-state index contributed by atoms with van der Waals surface area (Å²) < 4.78 is 6.32. The predicted octanol–water partition coefficient (Wildman–Crippen LogP) is 3.14. The van der Waals surface area contributed by atoms with Crippen LogP contribution in [0.1, 0.15) is 52.7 Å². The fourth-order valence-electron chi connectivity index (χ4n) is 6.40. The van der Waals surface area contributed by atoms with Crippen LogP contribution in [-0.4, -0.2) is 65.7 Å². The zero-order chi connectivity index (χ0) is 25.6. The van der Waals surface area contributed by atoms with Crippen LogP contribution in [0.25, 0.3) is 10.9 Å². The van der Waals surface area contributed by atoms with E-state index in [1.54, 1.807) is 11.9 Å². The van der Waals surface area contributed by atoms with Gasteiger partial charge in [0.25, 0.3) is 5.91 Å². The Labute approximate surface area is 216 Å². The van der Waals surface area contributed by atoms with Crippen molar-refractivity contribution in [2.24, 2.45) is 0 Å². The van der Waals surface area contributed by atoms with Gasteiger partial charge in [-0.1, -0.05) is 24.3 Å². The number of piperidine rings is 1. The van der Waals surface area contributed by atoms with Crippen molar-refractivity contribution < 1.29 is 19.1 Å². The van der Waals surface area contributed by atoms with Gasteiger partial charge in [-0.25, -0.2) is 0 Å². The van der Waals surface area contributed by atoms with Gasteiger partial charge < -0.3 is 24.7 Å². The second kappa shape index (κ2) is 9.34. The van der Waals surface area contributed by atoms with E-state index in [9.17, 15) is 14.4 Å². The van der Waals surface area contributed by atoms with E-state index < -0.39 is 6.04 Å². The fraction of sp³-hybridized carbons (Fsp3) is 0.414. The predicted molar refractivity (Wildman–Crippen MR) is 139 cm³/mol. The van der Waals surface area contributed by atoms with Crippen molar-refractivity contribution in [3.05, 3.63) is 64.8 Å². The Bertz CT molecular complexity index is 1370. The molecular formula is C29H32N4O4. The minimum atomic E-state index is -0.673. The molecule has 2 N–H and O–H groups in total. The maximum Gasteiger partial charge on any atom is 0.255 e. The maximum absolute atomic E-state index is 13.3. The Morgan fingerprint density at radius 2 is 2.05 bits per heavy atom. The number of amides is 2. The van der Waals surface area contributed by atoms with Crippen molar-refractivity contribution in [2.45, 2.75) is 50.2 Å². The highest BCUT2D eigenvalue weighted by molar-refractivity contribution is 6.02. The first-order chi connectivity index (χ1) is 18.0. The van der Waals surface area contributed by atoms with Gasteiger partial charge in [-0.3, -0.25) is 14.5 Å². The monoisotopic (exact) mass is 500 g/mol. The lowest BCUT2D eigenvalue weighted by Crippen LogP contribution is -2.46. The van der Waals surface area contributed by atoms with E-state index in [4.69, 9.17) is 4.74 Å². The van der Waals surface area contributed by atoms with Crippen molar-refractivity contribution in [1.29, 1.82) is 0 Å². The molecule has 3 aliphatic heterocycles. The molecule has 0 bridgehead atoms. The molecule has 0 aliphatic carbocycles. The summed E-state index contributed by atoms with van der Waals surface area (Å²) in [6.07, 6.45) is 5.32. The van der Waals surface area contributed by atoms with Gasteiger partial charge in [-0.2, -0.15) is 0 Å². The molecule has 2 amide bonds. The number of carbonyl (C=O) groups excluding carboxylic acids is 3. The average molecular weight is 501 g/mol. The topological polar surface area (TPSA) is 94.7 Å². The summed E-state index contributed by atoms with van der Waals surface area (Å²) in [6.45, 7) is 3.82. The number of aldehydes is 1. The number of likely N-dealkylation sites (N-methyl/N-ethyl adjacent to an activating group) is 1. The maximum atomic E-state index is 13.3. The molecule has 3 aromatic rings. The number of hydrogen-bond acceptors (Lipinski definition) is 5. The third kappa shape index (κ3) is 3.91. The number of fused-ring (bicyclic) bond motifs is 5. The van der Waals surface area contributed by atoms with Crippen molar-refractivity contribution >= 4 is 29.0 Å². The number of carbonyl (C=O) groups is 3. The molecule has 37 heavy (non-hydrogen) atoms. The summed E-state index contributed by atoms with van der Waals surface area (Å²) in [4.78, 5) is 44.3. The van der Waals surface area contributed by atoms with E-state index in [2.05, 4.69) is 45.5 Å². The van der Waals surface area contributed by atoms with Crippen LogP contribution in [0.2, 0.25) is 0 Å². The molecule has 1 aromatic heterocycles. The molecule has 4 heterocycles. The van der Waals surface area contributed by atoms with Crippen LogP contribution >= 0.6 is 0 Å². The molecule has 0 radical (unpaired) electrons. The summed E-state index contributed by atoms with van der Waals surface area (Å²) in [5.74, 6) is 0.401. The first kappa shape index (κ1) is 23.7. The fourth-order valence-corrected chi connectivity index (χ4v) is 6.40. The first-order valence-corrected chi connectivity index (χ1v) is 13.1. The number of nitrogens with one attached hydrogen (secondary N) is 2. The van der Waals surface area contributed by atoms with Gasteiger partial charge in [0, 0.05) is 53.8 Å². The highest BCUT2D eigenvalue weighted by atomic mass is 16.5. The standard InChI is InChI=1S/C29H32N4O4/c1-30-27(35)24(6-3-15-34)33-17-22-21(28(33)36)7-8-23-26(22)37-18-29(23)10-13-32(14-11-29)16-20-5-2-4-19-9-12-31-25(19)20/h2,4-5,7-9,12,15,24,31H,3,6,10-11,13-14,16-18H2,1H3,(H,30,35). The average Bonchev–Trinajstić information content (AvgIpc) is 3.63. The Kier molecular flexibility index (Phi) is 5.99. The molecule has 1 fully saturated rings. The minimum absolute atomic E-state index is 0.0481. The van der Waals surface area contributed by atoms with E-state index in [1.807, 2.05) is 12.3 Å². The third-order valence-electron chi connectivity index (χ3n) is 8.51. The van der Waals surface area contributed by atoms with Crippen molar-refractivity contribution in [2.75, 3.05) is 26.7 Å². The number of H-pyrrole nitrogens is 1. The lowest BCUT2D eigenvalue weighted by atomic mass is 9.74. The van der Waals surface area contributed by atoms with E-state index >= 15 is 0 Å². The van der Waals surface area contributed by atoms with Gasteiger partial charge in [0.15, 0.2) is 0 Å². The van der Waals surface area contributed by atoms with Crippen molar-refractivity contribution in [3.8, 4) is 5.75 Å². The van der Waals surface area contributed by atoms with Crippen LogP contribution in [0.5, 0.6) is 5.75 Å². The van der Waals surface area contributed by atoms with Gasteiger partial charge in [0.2, 0.25) is 5.91 Å². The lowest BCUT2D eigenvalue weighted by Gasteiger charge is -2.38. The molecule has 1 atom stereocenters. The van der Waals surface area contributed by atoms with Crippen LogP contribution in [0, 0.1) is 0 Å². The van der Waals surface area contributed by atoms with Gasteiger partial charge in [0.1, 0.15) is 18.1 Å². The Morgan fingerprint density at radius 3 is 2.84 bits per heavy atom. The van der Waals surface area contributed by atoms with E-state index in [1.165, 1.54) is 22.0 Å². The van der Waals surface area contributed by atoms with Crippen LogP contribution < -0.4 is 10.1 Å². The van der Waals surface area contributed by atoms with E-state index in [-0.39, 0.29) is 23.7 Å². The molecule has 1 unspecified atom stereocenters. The van der Waals surface area contributed by atoms with Gasteiger partial charge in [0.05, 0.1) is 13.2 Å². The van der Waals surface area contributed by atoms with Crippen LogP contribution in [-0.2, 0) is 28.1 Å². The molecule has 8 nitrogen and oxygen atoms in total. The first-order valence-electron chi connectivity index (χ1n) is 13.1. The number of likely N-dealkylation sites (tertiary alicyclic amines) is 1. The molecule has 8 heteroatoms. The number of para-hydroxylation sites is 1. The number of ether oxygens (including phenoxy) is 1. The number of benzene rings is 2. The van der Waals surface area contributed by atoms with Crippen LogP contribution in [0.15, 0.2) is 42.6 Å². The number of nitrogens with zero attached hydrogens (tertiary/aromatic N) is 2. The highest BCUT2D eigenvalue weighted by Gasteiger charge is 2.47. The van der Waals surface area contributed by atoms with Crippen LogP contribution in [0.4, 0.5) is 0 Å². The zero-order valence-electron chi connectivity index (χ0n) is 21.1. The van der Waals surface area contributed by atoms with E-state index in [0.29, 0.717) is 25.1 Å². The Balaban J connectivity index is 1.20. The number of aromatic nitrogens is 1. The summed E-state index contributed by atoms with van der Waals surface area (Å²) in [6, 6.07) is 11.9.